The second-order valence-corrected chi connectivity index (χ2v) is 10.8. The molecule has 3 rings (SSSR count). The zero-order chi connectivity index (χ0) is 27.8. The molecule has 2 aromatic carbocycles. The van der Waals surface area contributed by atoms with Gasteiger partial charge in [-0.3, -0.25) is 9.59 Å². The van der Waals surface area contributed by atoms with E-state index >= 15 is 0 Å². The zero-order valence-electron chi connectivity index (χ0n) is 20.6. The van der Waals surface area contributed by atoms with Crippen molar-refractivity contribution in [3.8, 4) is 0 Å². The first kappa shape index (κ1) is 29.2. The highest BCUT2D eigenvalue weighted by Gasteiger charge is 2.58. The van der Waals surface area contributed by atoms with Crippen LogP contribution in [0.4, 0.5) is 13.2 Å². The summed E-state index contributed by atoms with van der Waals surface area (Å²) < 4.78 is 49.8. The third-order valence-corrected chi connectivity index (χ3v) is 7.72. The van der Waals surface area contributed by atoms with E-state index in [1.54, 1.807) is 32.9 Å². The van der Waals surface area contributed by atoms with Crippen molar-refractivity contribution in [3.05, 3.63) is 91.5 Å². The van der Waals surface area contributed by atoms with Gasteiger partial charge in [0.15, 0.2) is 0 Å². The molecule has 3 atom stereocenters. The topological polar surface area (TPSA) is 81.4 Å². The van der Waals surface area contributed by atoms with Gasteiger partial charge in [0.2, 0.25) is 17.4 Å². The first-order chi connectivity index (χ1) is 17.2. The number of carbonyl (C=O) groups is 2. The van der Waals surface area contributed by atoms with Crippen LogP contribution in [0.5, 0.6) is 0 Å². The Bertz CT molecular complexity index is 1260. The van der Waals surface area contributed by atoms with Crippen molar-refractivity contribution in [2.45, 2.75) is 44.0 Å². The number of carbonyl (C=O) groups excluding carboxylic acids is 2. The van der Waals surface area contributed by atoms with Crippen LogP contribution in [-0.2, 0) is 25.3 Å². The minimum absolute atomic E-state index is 0.159. The molecule has 1 aliphatic carbocycles. The molecule has 10 heteroatoms. The van der Waals surface area contributed by atoms with Gasteiger partial charge in [0.25, 0.3) is 0 Å². The summed E-state index contributed by atoms with van der Waals surface area (Å²) in [7, 11) is 0.986. The summed E-state index contributed by atoms with van der Waals surface area (Å²) in [6, 6.07) is 9.03. The highest BCUT2D eigenvalue weighted by atomic mass is 127. The number of nitrogens with one attached hydrogen (secondary N) is 1. The fourth-order valence-electron chi connectivity index (χ4n) is 4.88. The van der Waals surface area contributed by atoms with E-state index in [1.165, 1.54) is 48.5 Å². The molecule has 3 unspecified atom stereocenters. The summed E-state index contributed by atoms with van der Waals surface area (Å²) in [6.07, 6.45) is 0.0299. The van der Waals surface area contributed by atoms with Crippen LogP contribution in [0, 0.1) is 12.8 Å². The van der Waals surface area contributed by atoms with E-state index in [-0.39, 0.29) is 22.2 Å². The van der Waals surface area contributed by atoms with Gasteiger partial charge >= 0.3 is 6.18 Å². The number of hydrogen-bond donors (Lipinski definition) is 2. The van der Waals surface area contributed by atoms with Crippen LogP contribution < -0.4 is 11.1 Å². The second kappa shape index (κ2) is 10.8. The maximum atomic E-state index is 14.7. The van der Waals surface area contributed by atoms with Crippen molar-refractivity contribution < 1.29 is 27.5 Å². The molecule has 0 fully saturated rings. The van der Waals surface area contributed by atoms with Crippen LogP contribution in [-0.4, -0.2) is 31.1 Å². The molecule has 2 amide bonds. The lowest BCUT2D eigenvalue weighted by Gasteiger charge is -2.40. The third-order valence-electron chi connectivity index (χ3n) is 6.48. The molecule has 0 aromatic heterocycles. The summed E-state index contributed by atoms with van der Waals surface area (Å²) in [5.41, 5.74) is 1.84. The van der Waals surface area contributed by atoms with Gasteiger partial charge in [-0.1, -0.05) is 60.2 Å². The Morgan fingerprint density at radius 3 is 2.22 bits per heavy atom. The molecule has 0 bridgehead atoms. The molecule has 0 spiro atoms. The quantitative estimate of drug-likeness (QED) is 0.371. The Hall–Kier alpha value is -2.37. The van der Waals surface area contributed by atoms with Crippen molar-refractivity contribution >= 4 is 46.0 Å². The van der Waals surface area contributed by atoms with E-state index < -0.39 is 34.9 Å². The van der Waals surface area contributed by atoms with Gasteiger partial charge < -0.3 is 15.8 Å². The van der Waals surface area contributed by atoms with Crippen molar-refractivity contribution in [2.75, 3.05) is 7.11 Å². The van der Waals surface area contributed by atoms with Gasteiger partial charge in [-0.25, -0.2) is 0 Å². The average Bonchev–Trinajstić information content (AvgIpc) is 2.79. The Kier molecular flexibility index (Phi) is 8.51. The number of halogens is 5. The fraction of sp³-hybridized carbons (Fsp3) is 0.333. The third kappa shape index (κ3) is 5.05. The maximum Gasteiger partial charge on any atom is 0.425 e. The number of aryl methyl sites for hydroxylation is 1. The molecule has 3 N–H and O–H groups in total. The van der Waals surface area contributed by atoms with E-state index in [1.807, 2.05) is 22.6 Å². The Balaban J connectivity index is 2.26. The van der Waals surface area contributed by atoms with Crippen LogP contribution >= 0.6 is 34.2 Å². The van der Waals surface area contributed by atoms with Crippen LogP contribution in [0.1, 0.15) is 36.1 Å². The predicted octanol–water partition coefficient (Wildman–Crippen LogP) is 5.85. The van der Waals surface area contributed by atoms with E-state index in [0.717, 1.165) is 7.11 Å². The zero-order valence-corrected chi connectivity index (χ0v) is 23.5. The van der Waals surface area contributed by atoms with Gasteiger partial charge in [-0.2, -0.15) is 13.2 Å². The summed E-state index contributed by atoms with van der Waals surface area (Å²) in [6.45, 7) is 5.16. The van der Waals surface area contributed by atoms with Crippen LogP contribution in [0.15, 0.2) is 64.3 Å². The highest BCUT2D eigenvalue weighted by molar-refractivity contribution is 14.1. The number of amides is 2. The second-order valence-electron chi connectivity index (χ2n) is 9.16. The van der Waals surface area contributed by atoms with Crippen molar-refractivity contribution in [1.82, 2.24) is 5.32 Å². The standard InChI is InChI=1S/C27H27ClF3IN2O3/c1-15(2)34-23(35)22-21(32)6-5-13-25(22,24(33)36)20-12-9-18(14-16(20)3)26(37-4,27(29,30)31)17-7-10-19(28)11-8-17/h5-15,22H,1-4H3,(H2,33,36)(H,34,35). The molecule has 0 saturated heterocycles. The van der Waals surface area contributed by atoms with E-state index in [4.69, 9.17) is 22.1 Å². The summed E-state index contributed by atoms with van der Waals surface area (Å²) >= 11 is 7.90. The lowest BCUT2D eigenvalue weighted by atomic mass is 9.65. The molecule has 0 saturated carbocycles. The van der Waals surface area contributed by atoms with Crippen LogP contribution in [0.25, 0.3) is 0 Å². The number of hydrogen-bond acceptors (Lipinski definition) is 3. The van der Waals surface area contributed by atoms with Gasteiger partial charge in [0.1, 0.15) is 5.41 Å². The largest absolute Gasteiger partial charge is 0.425 e. The Morgan fingerprint density at radius 2 is 1.73 bits per heavy atom. The molecule has 5 nitrogen and oxygen atoms in total. The average molecular weight is 647 g/mol. The van der Waals surface area contributed by atoms with Crippen LogP contribution in [0.3, 0.4) is 0 Å². The summed E-state index contributed by atoms with van der Waals surface area (Å²) in [4.78, 5) is 26.3. The minimum Gasteiger partial charge on any atom is -0.369 e. The first-order valence-electron chi connectivity index (χ1n) is 11.4. The SMILES string of the molecule is COC(c1ccc(Cl)cc1)(c1ccc(C2(C(N)=O)C=CC=C(I)C2C(=O)NC(C)C)c(C)c1)C(F)(F)F. The molecule has 0 radical (unpaired) electrons. The van der Waals surface area contributed by atoms with Crippen molar-refractivity contribution in [3.63, 3.8) is 0 Å². The number of allylic oxidation sites excluding steroid dienone is 2. The first-order valence-corrected chi connectivity index (χ1v) is 12.8. The smallest absolute Gasteiger partial charge is 0.369 e. The number of rotatable bonds is 7. The number of benzene rings is 2. The molecule has 37 heavy (non-hydrogen) atoms. The van der Waals surface area contributed by atoms with Gasteiger partial charge in [0.05, 0.1) is 5.92 Å². The fourth-order valence-corrected chi connectivity index (χ4v) is 5.99. The van der Waals surface area contributed by atoms with E-state index in [2.05, 4.69) is 5.32 Å². The lowest BCUT2D eigenvalue weighted by molar-refractivity contribution is -0.258. The molecule has 2 aromatic rings. The number of nitrogens with two attached hydrogens (primary N) is 1. The Morgan fingerprint density at radius 1 is 1.14 bits per heavy atom. The molecular weight excluding hydrogens is 620 g/mol. The lowest BCUT2D eigenvalue weighted by Crippen LogP contribution is -2.53. The Labute approximate surface area is 232 Å². The number of methoxy groups -OCH3 is 1. The van der Waals surface area contributed by atoms with Gasteiger partial charge in [-0.15, -0.1) is 0 Å². The highest BCUT2D eigenvalue weighted by Crippen LogP contribution is 2.49. The molecule has 0 aliphatic heterocycles. The van der Waals surface area contributed by atoms with E-state index in [9.17, 15) is 22.8 Å². The van der Waals surface area contributed by atoms with E-state index in [0.29, 0.717) is 14.7 Å². The van der Waals surface area contributed by atoms with Gasteiger partial charge in [-0.05, 0) is 77.7 Å². The number of ether oxygens (including phenoxy) is 1. The van der Waals surface area contributed by atoms with Gasteiger partial charge in [0, 0.05) is 21.8 Å². The summed E-state index contributed by atoms with van der Waals surface area (Å²) in [5, 5.41) is 3.11. The minimum atomic E-state index is -4.84. The number of primary amides is 1. The molecule has 1 aliphatic rings. The predicted molar refractivity (Wildman–Crippen MR) is 145 cm³/mol. The summed E-state index contributed by atoms with van der Waals surface area (Å²) in [5.74, 6) is -2.20. The maximum absolute atomic E-state index is 14.7. The molecular formula is C27H27ClF3IN2O3. The monoisotopic (exact) mass is 646 g/mol. The van der Waals surface area contributed by atoms with Crippen molar-refractivity contribution in [1.29, 1.82) is 0 Å². The molecule has 198 valence electrons. The van der Waals surface area contributed by atoms with Crippen molar-refractivity contribution in [2.24, 2.45) is 11.7 Å². The number of alkyl halides is 3. The molecule has 0 heterocycles. The van der Waals surface area contributed by atoms with Crippen LogP contribution in [0.2, 0.25) is 5.02 Å². The normalized spacial score (nSPS) is 21.4.